The molecular formula is C18H20N2O. The summed E-state index contributed by atoms with van der Waals surface area (Å²) in [5.41, 5.74) is 5.14. The molecule has 0 spiro atoms. The molecule has 21 heavy (non-hydrogen) atoms. The van der Waals surface area contributed by atoms with Crippen molar-refractivity contribution in [3.63, 3.8) is 0 Å². The largest absolute Gasteiger partial charge is 0.378 e. The molecule has 4 rings (SSSR count). The van der Waals surface area contributed by atoms with Crippen molar-refractivity contribution in [3.05, 3.63) is 59.4 Å². The van der Waals surface area contributed by atoms with Crippen molar-refractivity contribution in [2.45, 2.75) is 31.9 Å². The Morgan fingerprint density at radius 2 is 2.05 bits per heavy atom. The minimum Gasteiger partial charge on any atom is -0.378 e. The van der Waals surface area contributed by atoms with Gasteiger partial charge < -0.3 is 10.1 Å². The Labute approximate surface area is 125 Å². The number of nitrogens with one attached hydrogen (secondary N) is 1. The van der Waals surface area contributed by atoms with Crippen LogP contribution in [0.15, 0.2) is 42.7 Å². The summed E-state index contributed by atoms with van der Waals surface area (Å²) in [6, 6.07) is 11.2. The van der Waals surface area contributed by atoms with Crippen LogP contribution in [0.1, 0.15) is 41.7 Å². The number of pyridine rings is 1. The molecule has 3 heterocycles. The number of aryl methyl sites for hydroxylation is 1. The van der Waals surface area contributed by atoms with E-state index in [1.165, 1.54) is 28.8 Å². The third-order valence-electron chi connectivity index (χ3n) is 4.69. The van der Waals surface area contributed by atoms with Crippen molar-refractivity contribution in [2.24, 2.45) is 5.92 Å². The summed E-state index contributed by atoms with van der Waals surface area (Å²) in [6.45, 7) is 3.02. The molecule has 0 saturated carbocycles. The molecule has 2 aliphatic heterocycles. The highest BCUT2D eigenvalue weighted by Crippen LogP contribution is 2.49. The van der Waals surface area contributed by atoms with E-state index >= 15 is 0 Å². The van der Waals surface area contributed by atoms with Crippen LogP contribution in [-0.4, -0.2) is 11.6 Å². The molecule has 3 atom stereocenters. The molecule has 3 nitrogen and oxygen atoms in total. The first-order valence-corrected chi connectivity index (χ1v) is 7.71. The molecule has 3 heteroatoms. The second kappa shape index (κ2) is 5.15. The molecule has 0 radical (unpaired) electrons. The van der Waals surface area contributed by atoms with E-state index in [-0.39, 0.29) is 6.10 Å². The van der Waals surface area contributed by atoms with Crippen molar-refractivity contribution in [1.82, 2.24) is 4.98 Å². The third-order valence-corrected chi connectivity index (χ3v) is 4.69. The van der Waals surface area contributed by atoms with E-state index in [4.69, 9.17) is 4.74 Å². The molecule has 1 fully saturated rings. The zero-order chi connectivity index (χ0) is 14.2. The van der Waals surface area contributed by atoms with Crippen LogP contribution in [0.5, 0.6) is 0 Å². The van der Waals surface area contributed by atoms with Crippen LogP contribution in [-0.2, 0) is 4.74 Å². The summed E-state index contributed by atoms with van der Waals surface area (Å²) in [5, 5.41) is 3.73. The number of fused-ring (bicyclic) bond motifs is 3. The van der Waals surface area contributed by atoms with Gasteiger partial charge in [-0.15, -0.1) is 0 Å². The van der Waals surface area contributed by atoms with Crippen LogP contribution < -0.4 is 5.32 Å². The number of rotatable bonds is 1. The first-order chi connectivity index (χ1) is 10.3. The zero-order valence-corrected chi connectivity index (χ0v) is 12.3. The van der Waals surface area contributed by atoms with Gasteiger partial charge in [0.15, 0.2) is 0 Å². The van der Waals surface area contributed by atoms with Crippen LogP contribution in [0.4, 0.5) is 5.69 Å². The lowest BCUT2D eigenvalue weighted by atomic mass is 9.77. The smallest absolute Gasteiger partial charge is 0.0895 e. The maximum atomic E-state index is 6.16. The third kappa shape index (κ3) is 2.22. The van der Waals surface area contributed by atoms with Gasteiger partial charge in [0.1, 0.15) is 0 Å². The molecule has 0 unspecified atom stereocenters. The van der Waals surface area contributed by atoms with Gasteiger partial charge >= 0.3 is 0 Å². The predicted molar refractivity (Wildman–Crippen MR) is 83.2 cm³/mol. The molecule has 1 saturated heterocycles. The highest BCUT2D eigenvalue weighted by Gasteiger charge is 2.39. The minimum atomic E-state index is 0.216. The van der Waals surface area contributed by atoms with Gasteiger partial charge in [0.05, 0.1) is 12.1 Å². The summed E-state index contributed by atoms with van der Waals surface area (Å²) < 4.78 is 6.16. The number of benzene rings is 1. The van der Waals surface area contributed by atoms with Crippen molar-refractivity contribution in [2.75, 3.05) is 11.9 Å². The number of hydrogen-bond acceptors (Lipinski definition) is 3. The number of nitrogens with zero attached hydrogens (tertiary/aromatic N) is 1. The second-order valence-electron chi connectivity index (χ2n) is 6.09. The van der Waals surface area contributed by atoms with Crippen LogP contribution in [0, 0.1) is 12.8 Å². The summed E-state index contributed by atoms with van der Waals surface area (Å²) in [4.78, 5) is 4.14. The topological polar surface area (TPSA) is 34.1 Å². The Bertz CT molecular complexity index is 641. The first kappa shape index (κ1) is 12.8. The van der Waals surface area contributed by atoms with Gasteiger partial charge in [0.2, 0.25) is 0 Å². The Kier molecular flexibility index (Phi) is 3.15. The number of hydrogen-bond donors (Lipinski definition) is 1. The van der Waals surface area contributed by atoms with E-state index in [1.54, 1.807) is 0 Å². The standard InChI is InChI=1S/C18H20N2O/c1-12-4-5-16-15(11-12)18-14(3-2-10-21-18)17(20-16)13-6-8-19-9-7-13/h4-9,11,14,17-18,20H,2-3,10H2,1H3/t14-,17-,18+/m0/s1. The summed E-state index contributed by atoms with van der Waals surface area (Å²) in [7, 11) is 0. The fraction of sp³-hybridized carbons (Fsp3) is 0.389. The normalized spacial score (nSPS) is 27.4. The van der Waals surface area contributed by atoms with Crippen molar-refractivity contribution < 1.29 is 4.74 Å². The van der Waals surface area contributed by atoms with Gasteiger partial charge in [-0.05, 0) is 43.5 Å². The average molecular weight is 280 g/mol. The fourth-order valence-electron chi connectivity index (χ4n) is 3.69. The van der Waals surface area contributed by atoms with Gasteiger partial charge in [-0.2, -0.15) is 0 Å². The Morgan fingerprint density at radius 1 is 1.19 bits per heavy atom. The van der Waals surface area contributed by atoms with E-state index in [9.17, 15) is 0 Å². The van der Waals surface area contributed by atoms with E-state index in [2.05, 4.69) is 47.6 Å². The summed E-state index contributed by atoms with van der Waals surface area (Å²) in [5.74, 6) is 0.496. The van der Waals surface area contributed by atoms with Gasteiger partial charge in [0, 0.05) is 36.2 Å². The van der Waals surface area contributed by atoms with Crippen LogP contribution >= 0.6 is 0 Å². The highest BCUT2D eigenvalue weighted by molar-refractivity contribution is 5.58. The first-order valence-electron chi connectivity index (χ1n) is 7.71. The molecule has 0 aliphatic carbocycles. The van der Waals surface area contributed by atoms with E-state index in [0.717, 1.165) is 13.0 Å². The monoisotopic (exact) mass is 280 g/mol. The molecule has 1 aromatic carbocycles. The average Bonchev–Trinajstić information content (AvgIpc) is 2.55. The highest BCUT2D eigenvalue weighted by atomic mass is 16.5. The predicted octanol–water partition coefficient (Wildman–Crippen LogP) is 4.02. The lowest BCUT2D eigenvalue weighted by Crippen LogP contribution is -2.36. The van der Waals surface area contributed by atoms with E-state index in [0.29, 0.717) is 12.0 Å². The van der Waals surface area contributed by atoms with Crippen LogP contribution in [0.25, 0.3) is 0 Å². The lowest BCUT2D eigenvalue weighted by Gasteiger charge is -2.43. The number of aromatic nitrogens is 1. The van der Waals surface area contributed by atoms with Crippen molar-refractivity contribution in [3.8, 4) is 0 Å². The van der Waals surface area contributed by atoms with E-state index in [1.807, 2.05) is 12.4 Å². The lowest BCUT2D eigenvalue weighted by molar-refractivity contribution is -0.0381. The molecule has 108 valence electrons. The van der Waals surface area contributed by atoms with Gasteiger partial charge in [0.25, 0.3) is 0 Å². The molecule has 2 aliphatic rings. The molecular weight excluding hydrogens is 260 g/mol. The minimum absolute atomic E-state index is 0.216. The molecule has 1 N–H and O–H groups in total. The van der Waals surface area contributed by atoms with Gasteiger partial charge in [-0.3, -0.25) is 4.98 Å². The number of ether oxygens (including phenoxy) is 1. The fourth-order valence-corrected chi connectivity index (χ4v) is 3.69. The molecule has 2 aromatic rings. The Morgan fingerprint density at radius 3 is 2.90 bits per heavy atom. The Balaban J connectivity index is 1.79. The van der Waals surface area contributed by atoms with Crippen LogP contribution in [0.3, 0.4) is 0 Å². The molecule has 0 bridgehead atoms. The van der Waals surface area contributed by atoms with Gasteiger partial charge in [-0.1, -0.05) is 17.7 Å². The molecule has 0 amide bonds. The summed E-state index contributed by atoms with van der Waals surface area (Å²) in [6.07, 6.45) is 6.32. The van der Waals surface area contributed by atoms with Crippen LogP contribution in [0.2, 0.25) is 0 Å². The maximum absolute atomic E-state index is 6.16. The van der Waals surface area contributed by atoms with Gasteiger partial charge in [-0.25, -0.2) is 0 Å². The van der Waals surface area contributed by atoms with Crippen molar-refractivity contribution >= 4 is 5.69 Å². The zero-order valence-electron chi connectivity index (χ0n) is 12.3. The van der Waals surface area contributed by atoms with E-state index < -0.39 is 0 Å². The molecule has 1 aromatic heterocycles. The van der Waals surface area contributed by atoms with Crippen molar-refractivity contribution in [1.29, 1.82) is 0 Å². The Hall–Kier alpha value is -1.87. The maximum Gasteiger partial charge on any atom is 0.0895 e. The summed E-state index contributed by atoms with van der Waals surface area (Å²) >= 11 is 0. The second-order valence-corrected chi connectivity index (χ2v) is 6.09. The quantitative estimate of drug-likeness (QED) is 0.856. The SMILES string of the molecule is Cc1ccc2c(c1)[C@@H]1OCCC[C@H]1[C@H](c1ccncc1)N2. The number of anilines is 1.